The fraction of sp³-hybridized carbons (Fsp3) is 0.318. The van der Waals surface area contributed by atoms with Gasteiger partial charge in [-0.15, -0.1) is 10.2 Å². The predicted octanol–water partition coefficient (Wildman–Crippen LogP) is 2.94. The Morgan fingerprint density at radius 3 is 2.60 bits per heavy atom. The minimum atomic E-state index is -0.847. The molecule has 0 fully saturated rings. The van der Waals surface area contributed by atoms with Crippen molar-refractivity contribution in [3.8, 4) is 11.1 Å². The molecule has 8 heteroatoms. The lowest BCUT2D eigenvalue weighted by Crippen LogP contribution is -2.25. The molecule has 154 valence electrons. The lowest BCUT2D eigenvalue weighted by molar-refractivity contribution is -0.143. The van der Waals surface area contributed by atoms with E-state index in [1.807, 2.05) is 49.4 Å². The summed E-state index contributed by atoms with van der Waals surface area (Å²) in [5.41, 5.74) is 4.78. The number of amides is 1. The van der Waals surface area contributed by atoms with E-state index in [2.05, 4.69) is 25.9 Å². The van der Waals surface area contributed by atoms with E-state index in [0.29, 0.717) is 25.2 Å². The molecular weight excluding hydrogens is 382 g/mol. The van der Waals surface area contributed by atoms with Crippen LogP contribution in [0.2, 0.25) is 0 Å². The molecule has 2 unspecified atom stereocenters. The number of carbonyl (C=O) groups is 2. The van der Waals surface area contributed by atoms with Gasteiger partial charge >= 0.3 is 5.97 Å². The number of carboxylic acids is 1. The number of hydrogen-bond donors (Lipinski definition) is 3. The average molecular weight is 405 g/mol. The van der Waals surface area contributed by atoms with Crippen LogP contribution in [0, 0.1) is 5.92 Å². The van der Waals surface area contributed by atoms with Crippen LogP contribution < -0.4 is 5.32 Å². The third-order valence-corrected chi connectivity index (χ3v) is 5.66. The molecule has 0 spiro atoms. The largest absolute Gasteiger partial charge is 0.481 e. The van der Waals surface area contributed by atoms with Crippen molar-refractivity contribution in [3.05, 3.63) is 65.0 Å². The molecule has 1 aromatic heterocycles. The standard InChI is InChI=1S/C22H23N5O3/c1-2-4-17(22(29)30)18(20-24-26-27-25-20)11-13-7-9-14(10-8-13)15-5-3-6-16-19(15)12-23-21(16)28/h3,5-10,17-18H,2,4,11-12H2,1H3,(H,23,28)(H,29,30)(H,24,25,26,27). The zero-order valence-electron chi connectivity index (χ0n) is 16.6. The molecule has 0 radical (unpaired) electrons. The molecule has 1 aliphatic heterocycles. The van der Waals surface area contributed by atoms with Crippen molar-refractivity contribution in [1.82, 2.24) is 25.9 Å². The van der Waals surface area contributed by atoms with E-state index in [1.54, 1.807) is 0 Å². The number of benzene rings is 2. The number of nitrogens with zero attached hydrogens (tertiary/aromatic N) is 3. The number of carbonyl (C=O) groups excluding carboxylic acids is 1. The molecule has 3 aromatic rings. The summed E-state index contributed by atoms with van der Waals surface area (Å²) >= 11 is 0. The Morgan fingerprint density at radius 2 is 1.93 bits per heavy atom. The second-order valence-electron chi connectivity index (χ2n) is 7.53. The highest BCUT2D eigenvalue weighted by Gasteiger charge is 2.32. The molecule has 0 saturated carbocycles. The van der Waals surface area contributed by atoms with Crippen LogP contribution in [0.4, 0.5) is 0 Å². The SMILES string of the molecule is CCCC(C(=O)O)C(Cc1ccc(-c2cccc3c2CNC3=O)cc1)c1nn[nH]n1. The van der Waals surface area contributed by atoms with E-state index >= 15 is 0 Å². The van der Waals surface area contributed by atoms with Gasteiger partial charge in [0.25, 0.3) is 5.91 Å². The zero-order chi connectivity index (χ0) is 21.1. The van der Waals surface area contributed by atoms with Crippen molar-refractivity contribution in [2.45, 2.75) is 38.6 Å². The van der Waals surface area contributed by atoms with Gasteiger partial charge in [0.05, 0.1) is 5.92 Å². The van der Waals surface area contributed by atoms with Crippen LogP contribution in [0.5, 0.6) is 0 Å². The summed E-state index contributed by atoms with van der Waals surface area (Å²) in [5, 5.41) is 26.8. The molecule has 2 aromatic carbocycles. The summed E-state index contributed by atoms with van der Waals surface area (Å²) in [6.07, 6.45) is 1.81. The molecular formula is C22H23N5O3. The van der Waals surface area contributed by atoms with Gasteiger partial charge in [0.15, 0.2) is 5.82 Å². The van der Waals surface area contributed by atoms with Crippen molar-refractivity contribution in [2.24, 2.45) is 5.92 Å². The lowest BCUT2D eigenvalue weighted by Gasteiger charge is -2.21. The zero-order valence-corrected chi connectivity index (χ0v) is 16.6. The molecule has 2 heterocycles. The molecule has 1 amide bonds. The number of carboxylic acid groups (broad SMARTS) is 1. The highest BCUT2D eigenvalue weighted by molar-refractivity contribution is 6.00. The van der Waals surface area contributed by atoms with E-state index in [1.165, 1.54) is 0 Å². The predicted molar refractivity (Wildman–Crippen MR) is 110 cm³/mol. The Kier molecular flexibility index (Phi) is 5.56. The first-order chi connectivity index (χ1) is 14.6. The molecule has 0 bridgehead atoms. The maximum atomic E-state index is 11.9. The van der Waals surface area contributed by atoms with Crippen LogP contribution in [0.15, 0.2) is 42.5 Å². The van der Waals surface area contributed by atoms with Gasteiger partial charge < -0.3 is 10.4 Å². The third-order valence-electron chi connectivity index (χ3n) is 5.66. The lowest BCUT2D eigenvalue weighted by atomic mass is 9.83. The van der Waals surface area contributed by atoms with Gasteiger partial charge in [-0.05, 0) is 41.2 Å². The number of tetrazole rings is 1. The summed E-state index contributed by atoms with van der Waals surface area (Å²) in [7, 11) is 0. The maximum Gasteiger partial charge on any atom is 0.307 e. The number of aliphatic carboxylic acids is 1. The molecule has 0 saturated heterocycles. The fourth-order valence-electron chi connectivity index (χ4n) is 4.15. The van der Waals surface area contributed by atoms with Crippen LogP contribution in [-0.2, 0) is 17.8 Å². The second kappa shape index (κ2) is 8.44. The van der Waals surface area contributed by atoms with Crippen molar-refractivity contribution in [2.75, 3.05) is 0 Å². The molecule has 4 rings (SSSR count). The van der Waals surface area contributed by atoms with E-state index in [4.69, 9.17) is 0 Å². The molecule has 8 nitrogen and oxygen atoms in total. The summed E-state index contributed by atoms with van der Waals surface area (Å²) in [5.74, 6) is -1.41. The molecule has 2 atom stereocenters. The Bertz CT molecular complexity index is 1050. The summed E-state index contributed by atoms with van der Waals surface area (Å²) in [6, 6.07) is 13.8. The van der Waals surface area contributed by atoms with Crippen molar-refractivity contribution >= 4 is 11.9 Å². The van der Waals surface area contributed by atoms with E-state index in [-0.39, 0.29) is 11.8 Å². The van der Waals surface area contributed by atoms with E-state index < -0.39 is 11.9 Å². The quantitative estimate of drug-likeness (QED) is 0.530. The van der Waals surface area contributed by atoms with Crippen LogP contribution in [-0.4, -0.2) is 37.6 Å². The number of aromatic nitrogens is 4. The number of H-pyrrole nitrogens is 1. The molecule has 1 aliphatic rings. The average Bonchev–Trinajstić information content (AvgIpc) is 3.41. The van der Waals surface area contributed by atoms with Gasteiger partial charge in [-0.1, -0.05) is 55.0 Å². The van der Waals surface area contributed by atoms with Crippen molar-refractivity contribution in [3.63, 3.8) is 0 Å². The van der Waals surface area contributed by atoms with Crippen LogP contribution >= 0.6 is 0 Å². The minimum absolute atomic E-state index is 0.0398. The van der Waals surface area contributed by atoms with Gasteiger partial charge in [-0.25, -0.2) is 0 Å². The fourth-order valence-corrected chi connectivity index (χ4v) is 4.15. The van der Waals surface area contributed by atoms with Gasteiger partial charge in [0, 0.05) is 18.0 Å². The Morgan fingerprint density at radius 1 is 1.17 bits per heavy atom. The van der Waals surface area contributed by atoms with Gasteiger partial charge in [-0.3, -0.25) is 9.59 Å². The summed E-state index contributed by atoms with van der Waals surface area (Å²) in [6.45, 7) is 2.50. The van der Waals surface area contributed by atoms with Crippen molar-refractivity contribution in [1.29, 1.82) is 0 Å². The monoisotopic (exact) mass is 405 g/mol. The molecule has 3 N–H and O–H groups in total. The number of aromatic amines is 1. The number of hydrogen-bond acceptors (Lipinski definition) is 5. The Labute approximate surface area is 173 Å². The summed E-state index contributed by atoms with van der Waals surface area (Å²) in [4.78, 5) is 23.8. The Balaban J connectivity index is 1.61. The topological polar surface area (TPSA) is 121 Å². The molecule has 0 aliphatic carbocycles. The first kappa shape index (κ1) is 19.8. The number of fused-ring (bicyclic) bond motifs is 1. The number of rotatable bonds is 8. The highest BCUT2D eigenvalue weighted by Crippen LogP contribution is 2.32. The molecule has 30 heavy (non-hydrogen) atoms. The maximum absolute atomic E-state index is 11.9. The van der Waals surface area contributed by atoms with Gasteiger partial charge in [0.1, 0.15) is 0 Å². The van der Waals surface area contributed by atoms with E-state index in [0.717, 1.165) is 34.2 Å². The van der Waals surface area contributed by atoms with Crippen LogP contribution in [0.25, 0.3) is 11.1 Å². The number of nitrogens with one attached hydrogen (secondary N) is 2. The normalized spacial score (nSPS) is 14.8. The van der Waals surface area contributed by atoms with Crippen LogP contribution in [0.3, 0.4) is 0 Å². The third kappa shape index (κ3) is 3.80. The Hall–Kier alpha value is -3.55. The van der Waals surface area contributed by atoms with E-state index in [9.17, 15) is 14.7 Å². The first-order valence-electron chi connectivity index (χ1n) is 10.0. The summed E-state index contributed by atoms with van der Waals surface area (Å²) < 4.78 is 0. The van der Waals surface area contributed by atoms with Crippen molar-refractivity contribution < 1.29 is 14.7 Å². The van der Waals surface area contributed by atoms with Gasteiger partial charge in [0.2, 0.25) is 0 Å². The highest BCUT2D eigenvalue weighted by atomic mass is 16.4. The minimum Gasteiger partial charge on any atom is -0.481 e. The van der Waals surface area contributed by atoms with Crippen LogP contribution in [0.1, 0.15) is 53.0 Å². The first-order valence-corrected chi connectivity index (χ1v) is 10.0. The second-order valence-corrected chi connectivity index (χ2v) is 7.53. The van der Waals surface area contributed by atoms with Gasteiger partial charge in [-0.2, -0.15) is 5.21 Å². The smallest absolute Gasteiger partial charge is 0.307 e.